The minimum absolute atomic E-state index is 0.208. The van der Waals surface area contributed by atoms with Crippen LogP contribution < -0.4 is 5.32 Å². The first-order valence-electron chi connectivity index (χ1n) is 6.00. The minimum Gasteiger partial charge on any atom is -0.505 e. The standard InChI is InChI=1S/C13H18FNO2/c1-9(12-6-3-7-17-12)15-8-10-4-2-5-11(14)13(10)16/h2,4-5,9,12,15-16H,3,6-8H2,1H3. The molecule has 0 radical (unpaired) electrons. The summed E-state index contributed by atoms with van der Waals surface area (Å²) < 4.78 is 18.7. The summed E-state index contributed by atoms with van der Waals surface area (Å²) in [4.78, 5) is 0. The Morgan fingerprint density at radius 3 is 3.12 bits per heavy atom. The fourth-order valence-corrected chi connectivity index (χ4v) is 2.10. The van der Waals surface area contributed by atoms with E-state index in [1.165, 1.54) is 6.07 Å². The Bertz CT molecular complexity index is 378. The quantitative estimate of drug-likeness (QED) is 0.846. The molecule has 2 unspecified atom stereocenters. The van der Waals surface area contributed by atoms with Gasteiger partial charge in [0.15, 0.2) is 11.6 Å². The molecule has 0 aromatic heterocycles. The fourth-order valence-electron chi connectivity index (χ4n) is 2.10. The van der Waals surface area contributed by atoms with Gasteiger partial charge in [0.1, 0.15) is 0 Å². The zero-order valence-corrected chi connectivity index (χ0v) is 9.95. The molecule has 17 heavy (non-hydrogen) atoms. The van der Waals surface area contributed by atoms with Gasteiger partial charge in [-0.3, -0.25) is 0 Å². The molecule has 0 spiro atoms. The van der Waals surface area contributed by atoms with Crippen molar-refractivity contribution in [3.8, 4) is 5.75 Å². The third kappa shape index (κ3) is 2.96. The molecule has 0 saturated carbocycles. The number of benzene rings is 1. The molecular weight excluding hydrogens is 221 g/mol. The molecule has 1 aliphatic rings. The highest BCUT2D eigenvalue weighted by Gasteiger charge is 2.22. The molecule has 0 amide bonds. The Labute approximate surface area is 101 Å². The number of para-hydroxylation sites is 1. The van der Waals surface area contributed by atoms with Crippen LogP contribution in [0.25, 0.3) is 0 Å². The smallest absolute Gasteiger partial charge is 0.165 e. The Morgan fingerprint density at radius 2 is 2.41 bits per heavy atom. The number of hydrogen-bond donors (Lipinski definition) is 2. The van der Waals surface area contributed by atoms with E-state index in [0.717, 1.165) is 19.4 Å². The summed E-state index contributed by atoms with van der Waals surface area (Å²) in [6.07, 6.45) is 2.39. The first-order valence-corrected chi connectivity index (χ1v) is 6.00. The molecule has 2 N–H and O–H groups in total. The second-order valence-electron chi connectivity index (χ2n) is 4.47. The van der Waals surface area contributed by atoms with Crippen molar-refractivity contribution in [2.45, 2.75) is 38.5 Å². The summed E-state index contributed by atoms with van der Waals surface area (Å²) in [6, 6.07) is 4.78. The zero-order chi connectivity index (χ0) is 12.3. The van der Waals surface area contributed by atoms with Gasteiger partial charge in [-0.1, -0.05) is 12.1 Å². The van der Waals surface area contributed by atoms with Gasteiger partial charge < -0.3 is 15.2 Å². The Morgan fingerprint density at radius 1 is 1.59 bits per heavy atom. The number of hydrogen-bond acceptors (Lipinski definition) is 3. The van der Waals surface area contributed by atoms with Crippen molar-refractivity contribution < 1.29 is 14.2 Å². The molecule has 94 valence electrons. The van der Waals surface area contributed by atoms with Gasteiger partial charge in [0.2, 0.25) is 0 Å². The van der Waals surface area contributed by atoms with Crippen LogP contribution in [-0.4, -0.2) is 23.9 Å². The van der Waals surface area contributed by atoms with Crippen LogP contribution in [0.15, 0.2) is 18.2 Å². The van der Waals surface area contributed by atoms with E-state index in [1.54, 1.807) is 12.1 Å². The normalized spacial score (nSPS) is 21.6. The summed E-state index contributed by atoms with van der Waals surface area (Å²) in [6.45, 7) is 3.32. The van der Waals surface area contributed by atoms with Gasteiger partial charge in [-0.25, -0.2) is 4.39 Å². The Kier molecular flexibility index (Phi) is 3.97. The van der Waals surface area contributed by atoms with Crippen molar-refractivity contribution in [2.75, 3.05) is 6.61 Å². The number of nitrogens with one attached hydrogen (secondary N) is 1. The number of rotatable bonds is 4. The molecule has 1 aliphatic heterocycles. The van der Waals surface area contributed by atoms with E-state index in [9.17, 15) is 9.50 Å². The van der Waals surface area contributed by atoms with Crippen molar-refractivity contribution in [3.05, 3.63) is 29.6 Å². The molecule has 1 fully saturated rings. The predicted octanol–water partition coefficient (Wildman–Crippen LogP) is 2.19. The summed E-state index contributed by atoms with van der Waals surface area (Å²) >= 11 is 0. The number of halogens is 1. The highest BCUT2D eigenvalue weighted by atomic mass is 19.1. The molecule has 0 bridgehead atoms. The summed E-state index contributed by atoms with van der Waals surface area (Å²) in [5.41, 5.74) is 0.579. The lowest BCUT2D eigenvalue weighted by molar-refractivity contribution is 0.0831. The van der Waals surface area contributed by atoms with Crippen molar-refractivity contribution in [1.29, 1.82) is 0 Å². The van der Waals surface area contributed by atoms with E-state index in [0.29, 0.717) is 12.1 Å². The average Bonchev–Trinajstić information content (AvgIpc) is 2.84. The lowest BCUT2D eigenvalue weighted by Crippen LogP contribution is -2.36. The maximum atomic E-state index is 13.1. The maximum absolute atomic E-state index is 13.1. The highest BCUT2D eigenvalue weighted by Crippen LogP contribution is 2.21. The number of aromatic hydroxyl groups is 1. The second kappa shape index (κ2) is 5.47. The first kappa shape index (κ1) is 12.3. The molecule has 2 atom stereocenters. The van der Waals surface area contributed by atoms with Crippen molar-refractivity contribution in [2.24, 2.45) is 0 Å². The van der Waals surface area contributed by atoms with E-state index < -0.39 is 5.82 Å². The molecular formula is C13H18FNO2. The fraction of sp³-hybridized carbons (Fsp3) is 0.538. The lowest BCUT2D eigenvalue weighted by atomic mass is 10.1. The van der Waals surface area contributed by atoms with Gasteiger partial charge in [0.05, 0.1) is 6.10 Å². The minimum atomic E-state index is -0.575. The van der Waals surface area contributed by atoms with Crippen molar-refractivity contribution in [1.82, 2.24) is 5.32 Å². The van der Waals surface area contributed by atoms with Crippen LogP contribution >= 0.6 is 0 Å². The predicted molar refractivity (Wildman–Crippen MR) is 63.3 cm³/mol. The number of phenolic OH excluding ortho intramolecular Hbond substituents is 1. The summed E-state index contributed by atoms with van der Waals surface area (Å²) in [5, 5.41) is 12.8. The van der Waals surface area contributed by atoms with Gasteiger partial charge in [-0.05, 0) is 25.8 Å². The highest BCUT2D eigenvalue weighted by molar-refractivity contribution is 5.33. The van der Waals surface area contributed by atoms with E-state index in [4.69, 9.17) is 4.74 Å². The van der Waals surface area contributed by atoms with Gasteiger partial charge in [-0.2, -0.15) is 0 Å². The molecule has 0 aliphatic carbocycles. The van der Waals surface area contributed by atoms with Crippen molar-refractivity contribution in [3.63, 3.8) is 0 Å². The SMILES string of the molecule is CC(NCc1cccc(F)c1O)C1CCCO1. The molecule has 1 aromatic carbocycles. The van der Waals surface area contributed by atoms with E-state index in [1.807, 2.05) is 6.92 Å². The molecule has 1 aromatic rings. The lowest BCUT2D eigenvalue weighted by Gasteiger charge is -2.20. The third-order valence-corrected chi connectivity index (χ3v) is 3.21. The van der Waals surface area contributed by atoms with Gasteiger partial charge >= 0.3 is 0 Å². The van der Waals surface area contributed by atoms with Crippen LogP contribution in [0.4, 0.5) is 4.39 Å². The average molecular weight is 239 g/mol. The van der Waals surface area contributed by atoms with Gasteiger partial charge in [0, 0.05) is 24.8 Å². The van der Waals surface area contributed by atoms with Gasteiger partial charge in [0.25, 0.3) is 0 Å². The number of phenols is 1. The molecule has 1 heterocycles. The topological polar surface area (TPSA) is 41.5 Å². The van der Waals surface area contributed by atoms with Crippen molar-refractivity contribution >= 4 is 0 Å². The second-order valence-corrected chi connectivity index (χ2v) is 4.47. The molecule has 3 nitrogen and oxygen atoms in total. The van der Waals surface area contributed by atoms with Crippen LogP contribution in [0, 0.1) is 5.82 Å². The van der Waals surface area contributed by atoms with E-state index in [-0.39, 0.29) is 17.9 Å². The largest absolute Gasteiger partial charge is 0.505 e. The molecule has 4 heteroatoms. The van der Waals surface area contributed by atoms with Crippen LogP contribution in [0.1, 0.15) is 25.3 Å². The zero-order valence-electron chi connectivity index (χ0n) is 9.95. The monoisotopic (exact) mass is 239 g/mol. The van der Waals surface area contributed by atoms with Crippen LogP contribution in [-0.2, 0) is 11.3 Å². The first-order chi connectivity index (χ1) is 8.18. The van der Waals surface area contributed by atoms with Crippen LogP contribution in [0.3, 0.4) is 0 Å². The van der Waals surface area contributed by atoms with E-state index >= 15 is 0 Å². The van der Waals surface area contributed by atoms with E-state index in [2.05, 4.69) is 5.32 Å². The van der Waals surface area contributed by atoms with Crippen LogP contribution in [0.5, 0.6) is 5.75 Å². The van der Waals surface area contributed by atoms with Gasteiger partial charge in [-0.15, -0.1) is 0 Å². The molecule has 2 rings (SSSR count). The summed E-state index contributed by atoms with van der Waals surface area (Å²) in [7, 11) is 0. The third-order valence-electron chi connectivity index (χ3n) is 3.21. The maximum Gasteiger partial charge on any atom is 0.165 e. The number of ether oxygens (including phenoxy) is 1. The Balaban J connectivity index is 1.90. The van der Waals surface area contributed by atoms with Crippen LogP contribution in [0.2, 0.25) is 0 Å². The summed E-state index contributed by atoms with van der Waals surface area (Å²) in [5.74, 6) is -0.839. The molecule has 1 saturated heterocycles. The Hall–Kier alpha value is -1.13.